The lowest BCUT2D eigenvalue weighted by Gasteiger charge is -2.07. The smallest absolute Gasteiger partial charge is 0.137 e. The minimum atomic E-state index is 0.537. The summed E-state index contributed by atoms with van der Waals surface area (Å²) in [6.07, 6.45) is 2.86. The monoisotopic (exact) mass is 357 g/mol. The van der Waals surface area contributed by atoms with E-state index in [1.165, 1.54) is 5.56 Å². The summed E-state index contributed by atoms with van der Waals surface area (Å²) < 4.78 is 3.17. The Morgan fingerprint density at radius 1 is 1.14 bits per heavy atom. The Morgan fingerprint density at radius 3 is 2.50 bits per heavy atom. The lowest BCUT2D eigenvalue weighted by molar-refractivity contribution is 0.867. The van der Waals surface area contributed by atoms with Crippen molar-refractivity contribution >= 4 is 21.6 Å². The predicted octanol–water partition coefficient (Wildman–Crippen LogP) is 4.39. The predicted molar refractivity (Wildman–Crippen MR) is 95.2 cm³/mol. The van der Waals surface area contributed by atoms with Crippen molar-refractivity contribution in [3.63, 3.8) is 0 Å². The standard InChI is InChI=1S/C18H20BrN3/c1-12(2)13-3-5-14(6-4-13)18-16(9-10-20)22-11-15(19)7-8-17(22)21-18/h3-8,11-12H,9-10,20H2,1-2H3. The maximum Gasteiger partial charge on any atom is 0.137 e. The van der Waals surface area contributed by atoms with Crippen LogP contribution < -0.4 is 5.73 Å². The van der Waals surface area contributed by atoms with Crippen LogP contribution in [0.15, 0.2) is 47.1 Å². The van der Waals surface area contributed by atoms with Crippen LogP contribution in [0.5, 0.6) is 0 Å². The largest absolute Gasteiger partial charge is 0.330 e. The summed E-state index contributed by atoms with van der Waals surface area (Å²) in [6, 6.07) is 12.7. The summed E-state index contributed by atoms with van der Waals surface area (Å²) in [4.78, 5) is 4.80. The van der Waals surface area contributed by atoms with Gasteiger partial charge < -0.3 is 10.1 Å². The van der Waals surface area contributed by atoms with E-state index in [1.54, 1.807) is 0 Å². The van der Waals surface area contributed by atoms with Crippen LogP contribution in [-0.4, -0.2) is 15.9 Å². The third kappa shape index (κ3) is 2.81. The minimum Gasteiger partial charge on any atom is -0.330 e. The van der Waals surface area contributed by atoms with Crippen LogP contribution in [0.3, 0.4) is 0 Å². The minimum absolute atomic E-state index is 0.537. The molecular formula is C18H20BrN3. The molecule has 0 spiro atoms. The van der Waals surface area contributed by atoms with E-state index in [2.05, 4.69) is 64.6 Å². The van der Waals surface area contributed by atoms with Crippen LogP contribution in [0.4, 0.5) is 0 Å². The zero-order valence-corrected chi connectivity index (χ0v) is 14.5. The number of fused-ring (bicyclic) bond motifs is 1. The third-order valence-electron chi connectivity index (χ3n) is 3.91. The van der Waals surface area contributed by atoms with Crippen molar-refractivity contribution in [3.8, 4) is 11.3 Å². The van der Waals surface area contributed by atoms with Gasteiger partial charge in [-0.2, -0.15) is 0 Å². The Kier molecular flexibility index (Phi) is 4.32. The van der Waals surface area contributed by atoms with Gasteiger partial charge in [-0.15, -0.1) is 0 Å². The van der Waals surface area contributed by atoms with Gasteiger partial charge in [-0.1, -0.05) is 38.1 Å². The van der Waals surface area contributed by atoms with Gasteiger partial charge in [-0.3, -0.25) is 0 Å². The van der Waals surface area contributed by atoms with Gasteiger partial charge in [0, 0.05) is 22.7 Å². The third-order valence-corrected chi connectivity index (χ3v) is 4.38. The molecule has 0 atom stereocenters. The van der Waals surface area contributed by atoms with E-state index in [0.717, 1.165) is 33.5 Å². The first kappa shape index (κ1) is 15.3. The van der Waals surface area contributed by atoms with Gasteiger partial charge >= 0.3 is 0 Å². The molecule has 0 aliphatic rings. The van der Waals surface area contributed by atoms with Crippen LogP contribution in [-0.2, 0) is 6.42 Å². The van der Waals surface area contributed by atoms with Gasteiger partial charge in [-0.05, 0) is 46.1 Å². The van der Waals surface area contributed by atoms with Crippen molar-refractivity contribution in [2.45, 2.75) is 26.2 Å². The van der Waals surface area contributed by atoms with Gasteiger partial charge in [-0.25, -0.2) is 4.98 Å². The molecule has 0 saturated carbocycles. The van der Waals surface area contributed by atoms with E-state index < -0.39 is 0 Å². The molecule has 114 valence electrons. The van der Waals surface area contributed by atoms with Crippen LogP contribution in [0.2, 0.25) is 0 Å². The molecule has 0 saturated heterocycles. The number of benzene rings is 1. The molecule has 0 amide bonds. The second kappa shape index (κ2) is 6.23. The molecule has 4 heteroatoms. The first-order valence-electron chi connectivity index (χ1n) is 7.57. The Balaban J connectivity index is 2.14. The van der Waals surface area contributed by atoms with Gasteiger partial charge in [0.05, 0.1) is 11.4 Å². The number of nitrogens with two attached hydrogens (primary N) is 1. The molecule has 0 aliphatic carbocycles. The summed E-state index contributed by atoms with van der Waals surface area (Å²) >= 11 is 3.53. The first-order chi connectivity index (χ1) is 10.6. The maximum atomic E-state index is 5.81. The van der Waals surface area contributed by atoms with Gasteiger partial charge in [0.1, 0.15) is 5.65 Å². The molecule has 3 nitrogen and oxygen atoms in total. The van der Waals surface area contributed by atoms with Crippen molar-refractivity contribution < 1.29 is 0 Å². The van der Waals surface area contributed by atoms with Crippen LogP contribution >= 0.6 is 15.9 Å². The number of hydrogen-bond donors (Lipinski definition) is 1. The number of nitrogens with zero attached hydrogens (tertiary/aromatic N) is 2. The molecule has 3 aromatic rings. The average molecular weight is 358 g/mol. The summed E-state index contributed by atoms with van der Waals surface area (Å²) in [6.45, 7) is 5.02. The van der Waals surface area contributed by atoms with E-state index in [0.29, 0.717) is 12.5 Å². The molecule has 2 heterocycles. The highest BCUT2D eigenvalue weighted by molar-refractivity contribution is 9.10. The van der Waals surface area contributed by atoms with Crippen LogP contribution in [0, 0.1) is 0 Å². The molecule has 2 aromatic heterocycles. The highest BCUT2D eigenvalue weighted by atomic mass is 79.9. The van der Waals surface area contributed by atoms with E-state index in [4.69, 9.17) is 10.7 Å². The topological polar surface area (TPSA) is 43.3 Å². The summed E-state index contributed by atoms with van der Waals surface area (Å²) in [5.74, 6) is 0.537. The van der Waals surface area contributed by atoms with E-state index >= 15 is 0 Å². The van der Waals surface area contributed by atoms with Gasteiger partial charge in [0.15, 0.2) is 0 Å². The average Bonchev–Trinajstić information content (AvgIpc) is 2.86. The molecule has 22 heavy (non-hydrogen) atoms. The fraction of sp³-hybridized carbons (Fsp3) is 0.278. The number of imidazole rings is 1. The Hall–Kier alpha value is -1.65. The zero-order chi connectivity index (χ0) is 15.7. The number of aromatic nitrogens is 2. The van der Waals surface area contributed by atoms with Crippen molar-refractivity contribution in [2.75, 3.05) is 6.54 Å². The van der Waals surface area contributed by atoms with E-state index in [1.807, 2.05) is 12.1 Å². The lowest BCUT2D eigenvalue weighted by atomic mass is 10.00. The SMILES string of the molecule is CC(C)c1ccc(-c2nc3ccc(Br)cn3c2CCN)cc1. The highest BCUT2D eigenvalue weighted by Gasteiger charge is 2.14. The first-order valence-corrected chi connectivity index (χ1v) is 8.36. The number of halogens is 1. The fourth-order valence-electron chi connectivity index (χ4n) is 2.70. The molecule has 0 aliphatic heterocycles. The maximum absolute atomic E-state index is 5.81. The van der Waals surface area contributed by atoms with Crippen molar-refractivity contribution in [1.82, 2.24) is 9.38 Å². The second-order valence-electron chi connectivity index (χ2n) is 5.80. The number of rotatable bonds is 4. The van der Waals surface area contributed by atoms with Gasteiger partial charge in [0.25, 0.3) is 0 Å². The Bertz CT molecular complexity index is 788. The molecule has 0 unspecified atom stereocenters. The molecule has 0 radical (unpaired) electrons. The molecule has 0 fully saturated rings. The Morgan fingerprint density at radius 2 is 1.86 bits per heavy atom. The molecule has 0 bridgehead atoms. The molecule has 3 rings (SSSR count). The normalized spacial score (nSPS) is 11.5. The van der Waals surface area contributed by atoms with Crippen molar-refractivity contribution in [1.29, 1.82) is 0 Å². The zero-order valence-electron chi connectivity index (χ0n) is 12.9. The molecule has 1 aromatic carbocycles. The quantitative estimate of drug-likeness (QED) is 0.752. The summed E-state index contributed by atoms with van der Waals surface area (Å²) in [5, 5.41) is 0. The summed E-state index contributed by atoms with van der Waals surface area (Å²) in [5.41, 5.74) is 11.4. The number of hydrogen-bond acceptors (Lipinski definition) is 2. The fourth-order valence-corrected chi connectivity index (χ4v) is 3.04. The van der Waals surface area contributed by atoms with Crippen molar-refractivity contribution in [2.24, 2.45) is 5.73 Å². The molecule has 2 N–H and O–H groups in total. The lowest BCUT2D eigenvalue weighted by Crippen LogP contribution is -2.06. The van der Waals surface area contributed by atoms with Gasteiger partial charge in [0.2, 0.25) is 0 Å². The highest BCUT2D eigenvalue weighted by Crippen LogP contribution is 2.27. The van der Waals surface area contributed by atoms with E-state index in [-0.39, 0.29) is 0 Å². The second-order valence-corrected chi connectivity index (χ2v) is 6.71. The molecular weight excluding hydrogens is 338 g/mol. The number of pyridine rings is 1. The van der Waals surface area contributed by atoms with Crippen LogP contribution in [0.25, 0.3) is 16.9 Å². The van der Waals surface area contributed by atoms with Crippen molar-refractivity contribution in [3.05, 3.63) is 58.3 Å². The van der Waals surface area contributed by atoms with Crippen LogP contribution in [0.1, 0.15) is 31.0 Å². The Labute approximate surface area is 139 Å². The summed E-state index contributed by atoms with van der Waals surface area (Å²) in [7, 11) is 0. The van der Waals surface area contributed by atoms with E-state index in [9.17, 15) is 0 Å².